The highest BCUT2D eigenvalue weighted by molar-refractivity contribution is 9.11. The van der Waals surface area contributed by atoms with E-state index in [-0.39, 0.29) is 11.5 Å². The maximum atomic E-state index is 12.2. The molecule has 134 valence electrons. The smallest absolute Gasteiger partial charge is 0.307 e. The van der Waals surface area contributed by atoms with Crippen molar-refractivity contribution in [3.05, 3.63) is 55.1 Å². The Balaban J connectivity index is 1.79. The Bertz CT molecular complexity index is 1030. The van der Waals surface area contributed by atoms with Gasteiger partial charge in [-0.25, -0.2) is 5.43 Å². The monoisotopic (exact) mass is 544 g/mol. The first-order valence-electron chi connectivity index (χ1n) is 7.17. The van der Waals surface area contributed by atoms with E-state index in [4.69, 9.17) is 9.15 Å². The molecule has 2 aromatic carbocycles. The molecule has 3 rings (SSSR count). The van der Waals surface area contributed by atoms with Crippen molar-refractivity contribution < 1.29 is 19.1 Å². The van der Waals surface area contributed by atoms with Crippen LogP contribution in [-0.2, 0) is 0 Å². The van der Waals surface area contributed by atoms with E-state index in [2.05, 4.69) is 58.3 Å². The number of furan rings is 1. The number of hydrazone groups is 1. The second-order valence-corrected chi connectivity index (χ2v) is 7.79. The molecule has 0 saturated carbocycles. The number of carbonyl (C=O) groups is 1. The molecule has 9 heteroatoms. The number of fused-ring (bicyclic) bond motifs is 1. The van der Waals surface area contributed by atoms with Crippen molar-refractivity contribution in [1.29, 1.82) is 0 Å². The van der Waals surface area contributed by atoms with Gasteiger partial charge in [-0.05, 0) is 62.2 Å². The zero-order valence-corrected chi connectivity index (χ0v) is 18.0. The van der Waals surface area contributed by atoms with E-state index < -0.39 is 5.91 Å². The quantitative estimate of drug-likeness (QED) is 0.348. The van der Waals surface area contributed by atoms with Crippen LogP contribution in [0.4, 0.5) is 0 Å². The first-order valence-corrected chi connectivity index (χ1v) is 9.55. The first-order chi connectivity index (χ1) is 12.4. The highest BCUT2D eigenvalue weighted by Crippen LogP contribution is 2.32. The number of ether oxygens (including phenoxy) is 1. The van der Waals surface area contributed by atoms with Crippen LogP contribution in [0.3, 0.4) is 0 Å². The standard InChI is InChI=1S/C17H11Br3N2O4/c1-25-14-4-9(11(19)6-13(14)23)7-21-22-17(24)15-3-8-2-10(18)5-12(20)16(8)26-15/h2-7,23H,1H3,(H,22,24)/b21-7-. The van der Waals surface area contributed by atoms with Gasteiger partial charge in [0.15, 0.2) is 17.3 Å². The number of methoxy groups -OCH3 is 1. The van der Waals surface area contributed by atoms with Gasteiger partial charge in [0, 0.05) is 19.9 Å². The third kappa shape index (κ3) is 3.94. The van der Waals surface area contributed by atoms with Gasteiger partial charge in [0.1, 0.15) is 5.58 Å². The zero-order chi connectivity index (χ0) is 18.8. The van der Waals surface area contributed by atoms with Gasteiger partial charge in [0.25, 0.3) is 0 Å². The molecule has 1 aromatic heterocycles. The Hall–Kier alpha value is -1.84. The van der Waals surface area contributed by atoms with E-state index in [1.165, 1.54) is 19.4 Å². The molecule has 0 bridgehead atoms. The van der Waals surface area contributed by atoms with E-state index >= 15 is 0 Å². The van der Waals surface area contributed by atoms with E-state index in [1.807, 2.05) is 12.1 Å². The SMILES string of the molecule is COc1cc(/C=N\NC(=O)c2cc3cc(Br)cc(Br)c3o2)c(Br)cc1O. The Kier molecular flexibility index (Phi) is 5.69. The van der Waals surface area contributed by atoms with E-state index in [1.54, 1.807) is 12.1 Å². The summed E-state index contributed by atoms with van der Waals surface area (Å²) in [5, 5.41) is 14.4. The molecule has 2 N–H and O–H groups in total. The molecule has 3 aromatic rings. The topological polar surface area (TPSA) is 84.1 Å². The summed E-state index contributed by atoms with van der Waals surface area (Å²) in [5.41, 5.74) is 3.61. The summed E-state index contributed by atoms with van der Waals surface area (Å²) in [6, 6.07) is 8.39. The average Bonchev–Trinajstić information content (AvgIpc) is 3.01. The normalized spacial score (nSPS) is 11.2. The fraction of sp³-hybridized carbons (Fsp3) is 0.0588. The molecule has 0 atom stereocenters. The van der Waals surface area contributed by atoms with Crippen molar-refractivity contribution >= 4 is 70.9 Å². The molecule has 0 spiro atoms. The molecule has 0 fully saturated rings. The Morgan fingerprint density at radius 2 is 1.96 bits per heavy atom. The van der Waals surface area contributed by atoms with Crippen molar-refractivity contribution in [3.63, 3.8) is 0 Å². The number of phenols is 1. The van der Waals surface area contributed by atoms with Gasteiger partial charge in [0.2, 0.25) is 0 Å². The number of aromatic hydroxyl groups is 1. The molecular weight excluding hydrogens is 536 g/mol. The van der Waals surface area contributed by atoms with E-state index in [0.717, 1.165) is 14.3 Å². The summed E-state index contributed by atoms with van der Waals surface area (Å²) in [6.45, 7) is 0. The number of carbonyl (C=O) groups excluding carboxylic acids is 1. The first kappa shape index (κ1) is 18.9. The van der Waals surface area contributed by atoms with Crippen molar-refractivity contribution in [2.45, 2.75) is 0 Å². The molecule has 0 unspecified atom stereocenters. The number of rotatable bonds is 4. The number of benzene rings is 2. The predicted molar refractivity (Wildman–Crippen MR) is 109 cm³/mol. The van der Waals surface area contributed by atoms with Crippen LogP contribution in [0, 0.1) is 0 Å². The van der Waals surface area contributed by atoms with Crippen LogP contribution in [0.25, 0.3) is 11.0 Å². The minimum absolute atomic E-state index is 0.000395. The van der Waals surface area contributed by atoms with Gasteiger partial charge < -0.3 is 14.3 Å². The molecule has 0 aliphatic rings. The molecule has 0 radical (unpaired) electrons. The lowest BCUT2D eigenvalue weighted by atomic mass is 10.2. The van der Waals surface area contributed by atoms with Gasteiger partial charge >= 0.3 is 5.91 Å². The number of amides is 1. The zero-order valence-electron chi connectivity index (χ0n) is 13.2. The van der Waals surface area contributed by atoms with Gasteiger partial charge in [-0.3, -0.25) is 4.79 Å². The molecule has 0 aliphatic heterocycles. The van der Waals surface area contributed by atoms with Crippen LogP contribution in [0.1, 0.15) is 16.1 Å². The maximum absolute atomic E-state index is 12.2. The molecule has 26 heavy (non-hydrogen) atoms. The third-order valence-electron chi connectivity index (χ3n) is 3.43. The third-order valence-corrected chi connectivity index (χ3v) is 5.16. The van der Waals surface area contributed by atoms with Crippen LogP contribution in [-0.4, -0.2) is 24.3 Å². The minimum Gasteiger partial charge on any atom is -0.504 e. The summed E-state index contributed by atoms with van der Waals surface area (Å²) >= 11 is 10.1. The second-order valence-electron chi connectivity index (χ2n) is 5.16. The van der Waals surface area contributed by atoms with Gasteiger partial charge in [0.05, 0.1) is 17.8 Å². The molecule has 6 nitrogen and oxygen atoms in total. The number of halogens is 3. The molecule has 1 heterocycles. The van der Waals surface area contributed by atoms with Crippen LogP contribution in [0.15, 0.2) is 53.3 Å². The van der Waals surface area contributed by atoms with Crippen molar-refractivity contribution in [1.82, 2.24) is 5.43 Å². The molecular formula is C17H11Br3N2O4. The Morgan fingerprint density at radius 3 is 2.69 bits per heavy atom. The number of nitrogens with zero attached hydrogens (tertiary/aromatic N) is 1. The fourth-order valence-corrected chi connectivity index (χ4v) is 4.00. The summed E-state index contributed by atoms with van der Waals surface area (Å²) in [6.07, 6.45) is 1.43. The van der Waals surface area contributed by atoms with Crippen LogP contribution in [0.2, 0.25) is 0 Å². The highest BCUT2D eigenvalue weighted by Gasteiger charge is 2.14. The summed E-state index contributed by atoms with van der Waals surface area (Å²) in [7, 11) is 1.45. The molecule has 0 saturated heterocycles. The second kappa shape index (κ2) is 7.81. The maximum Gasteiger partial charge on any atom is 0.307 e. The van der Waals surface area contributed by atoms with Crippen LogP contribution < -0.4 is 10.2 Å². The molecule has 0 aliphatic carbocycles. The lowest BCUT2D eigenvalue weighted by Crippen LogP contribution is -2.16. The summed E-state index contributed by atoms with van der Waals surface area (Å²) < 4.78 is 12.8. The number of nitrogens with one attached hydrogen (secondary N) is 1. The Morgan fingerprint density at radius 1 is 1.19 bits per heavy atom. The van der Waals surface area contributed by atoms with Gasteiger partial charge in [-0.15, -0.1) is 0 Å². The predicted octanol–water partition coefficient (Wildman–Crippen LogP) is 5.20. The summed E-state index contributed by atoms with van der Waals surface area (Å²) in [4.78, 5) is 12.2. The average molecular weight is 547 g/mol. The number of hydrogen-bond donors (Lipinski definition) is 2. The van der Waals surface area contributed by atoms with Crippen molar-refractivity contribution in [2.75, 3.05) is 7.11 Å². The van der Waals surface area contributed by atoms with Gasteiger partial charge in [-0.2, -0.15) is 5.10 Å². The van der Waals surface area contributed by atoms with Gasteiger partial charge in [-0.1, -0.05) is 15.9 Å². The largest absolute Gasteiger partial charge is 0.504 e. The van der Waals surface area contributed by atoms with Crippen LogP contribution >= 0.6 is 47.8 Å². The van der Waals surface area contributed by atoms with E-state index in [0.29, 0.717) is 21.4 Å². The van der Waals surface area contributed by atoms with E-state index in [9.17, 15) is 9.90 Å². The van der Waals surface area contributed by atoms with Crippen LogP contribution in [0.5, 0.6) is 11.5 Å². The number of phenolic OH excluding ortho intramolecular Hbond substituents is 1. The fourth-order valence-electron chi connectivity index (χ4n) is 2.22. The molecule has 1 amide bonds. The lowest BCUT2D eigenvalue weighted by molar-refractivity contribution is 0.0929. The van der Waals surface area contributed by atoms with Crippen molar-refractivity contribution in [3.8, 4) is 11.5 Å². The lowest BCUT2D eigenvalue weighted by Gasteiger charge is -2.06. The number of hydrogen-bond acceptors (Lipinski definition) is 5. The minimum atomic E-state index is -0.484. The Labute approximate surface area is 173 Å². The highest BCUT2D eigenvalue weighted by atomic mass is 79.9. The van der Waals surface area contributed by atoms with Crippen molar-refractivity contribution in [2.24, 2.45) is 5.10 Å². The summed E-state index contributed by atoms with van der Waals surface area (Å²) in [5.74, 6) is -0.0473.